The molecule has 0 bridgehead atoms. The standard InChI is InChI=1S/C13H25NO4S/c1-8(2)10(12(17)18-6)14-11(16)9(15)7-19-13(3,4)5/h8-10,15H,7H2,1-6H3,(H,14,16)/t9-,10+/m1/s1. The van der Waals surface area contributed by atoms with Crippen LogP contribution >= 0.6 is 11.8 Å². The van der Waals surface area contributed by atoms with Crippen LogP contribution in [-0.2, 0) is 14.3 Å². The molecular weight excluding hydrogens is 266 g/mol. The number of aliphatic hydroxyl groups excluding tert-OH is 1. The fourth-order valence-corrected chi connectivity index (χ4v) is 2.09. The lowest BCUT2D eigenvalue weighted by atomic mass is 10.0. The summed E-state index contributed by atoms with van der Waals surface area (Å²) in [5, 5.41) is 12.3. The van der Waals surface area contributed by atoms with Crippen molar-refractivity contribution in [3.8, 4) is 0 Å². The zero-order valence-corrected chi connectivity index (χ0v) is 13.3. The topological polar surface area (TPSA) is 75.6 Å². The van der Waals surface area contributed by atoms with Gasteiger partial charge in [-0.3, -0.25) is 4.79 Å². The quantitative estimate of drug-likeness (QED) is 0.719. The van der Waals surface area contributed by atoms with Gasteiger partial charge in [0.1, 0.15) is 12.1 Å². The van der Waals surface area contributed by atoms with E-state index in [1.165, 1.54) is 18.9 Å². The predicted octanol–water partition coefficient (Wildman–Crippen LogP) is 1.19. The van der Waals surface area contributed by atoms with Crippen molar-refractivity contribution in [3.63, 3.8) is 0 Å². The molecule has 0 fully saturated rings. The Balaban J connectivity index is 4.44. The average molecular weight is 291 g/mol. The minimum absolute atomic E-state index is 0.0267. The van der Waals surface area contributed by atoms with Crippen LogP contribution in [0.2, 0.25) is 0 Å². The van der Waals surface area contributed by atoms with Gasteiger partial charge in [0.15, 0.2) is 0 Å². The van der Waals surface area contributed by atoms with Crippen LogP contribution in [0.15, 0.2) is 0 Å². The highest BCUT2D eigenvalue weighted by atomic mass is 32.2. The van der Waals surface area contributed by atoms with Gasteiger partial charge in [-0.15, -0.1) is 0 Å². The molecule has 0 unspecified atom stereocenters. The van der Waals surface area contributed by atoms with Gasteiger partial charge in [0, 0.05) is 10.5 Å². The lowest BCUT2D eigenvalue weighted by molar-refractivity contribution is -0.147. The number of hydrogen-bond acceptors (Lipinski definition) is 5. The summed E-state index contributed by atoms with van der Waals surface area (Å²) < 4.78 is 4.60. The summed E-state index contributed by atoms with van der Waals surface area (Å²) in [6.45, 7) is 9.63. The van der Waals surface area contributed by atoms with Gasteiger partial charge in [-0.25, -0.2) is 4.79 Å². The van der Waals surface area contributed by atoms with E-state index in [0.717, 1.165) is 0 Å². The summed E-state index contributed by atoms with van der Waals surface area (Å²) in [5.74, 6) is -0.847. The average Bonchev–Trinajstić information content (AvgIpc) is 2.30. The van der Waals surface area contributed by atoms with E-state index in [1.54, 1.807) is 13.8 Å². The van der Waals surface area contributed by atoms with Gasteiger partial charge in [-0.1, -0.05) is 34.6 Å². The molecule has 2 atom stereocenters. The monoisotopic (exact) mass is 291 g/mol. The van der Waals surface area contributed by atoms with E-state index in [4.69, 9.17) is 0 Å². The van der Waals surface area contributed by atoms with Gasteiger partial charge in [-0.2, -0.15) is 11.8 Å². The first-order valence-corrected chi connectivity index (χ1v) is 7.27. The van der Waals surface area contributed by atoms with Crippen molar-refractivity contribution in [2.45, 2.75) is 51.5 Å². The molecule has 0 aliphatic heterocycles. The maximum atomic E-state index is 11.8. The second kappa shape index (κ2) is 7.75. The number of amides is 1. The Labute approximate surface area is 119 Å². The van der Waals surface area contributed by atoms with Crippen molar-refractivity contribution in [3.05, 3.63) is 0 Å². The van der Waals surface area contributed by atoms with E-state index in [0.29, 0.717) is 5.75 Å². The minimum atomic E-state index is -1.13. The number of hydrogen-bond donors (Lipinski definition) is 2. The molecule has 0 saturated heterocycles. The van der Waals surface area contributed by atoms with Gasteiger partial charge in [0.25, 0.3) is 0 Å². The molecule has 0 aromatic heterocycles. The Morgan fingerprint density at radius 1 is 1.32 bits per heavy atom. The Kier molecular flexibility index (Phi) is 7.44. The van der Waals surface area contributed by atoms with Crippen LogP contribution in [0, 0.1) is 5.92 Å². The number of rotatable bonds is 6. The summed E-state index contributed by atoms with van der Waals surface area (Å²) in [5.41, 5.74) is 0. The SMILES string of the molecule is COC(=O)[C@@H](NC(=O)[C@H](O)CSC(C)(C)C)C(C)C. The van der Waals surface area contributed by atoms with E-state index < -0.39 is 24.0 Å². The van der Waals surface area contributed by atoms with Crippen molar-refractivity contribution in [1.29, 1.82) is 0 Å². The molecule has 1 amide bonds. The first kappa shape index (κ1) is 18.2. The Morgan fingerprint density at radius 2 is 1.84 bits per heavy atom. The summed E-state index contributed by atoms with van der Waals surface area (Å²) in [6, 6.07) is -0.730. The highest BCUT2D eigenvalue weighted by Gasteiger charge is 2.28. The summed E-state index contributed by atoms with van der Waals surface area (Å²) in [7, 11) is 1.27. The Morgan fingerprint density at radius 3 is 2.21 bits per heavy atom. The van der Waals surface area contributed by atoms with Crippen molar-refractivity contribution in [2.75, 3.05) is 12.9 Å². The maximum absolute atomic E-state index is 11.8. The van der Waals surface area contributed by atoms with Gasteiger partial charge in [0.05, 0.1) is 7.11 Å². The molecule has 0 aliphatic rings. The molecule has 0 aliphatic carbocycles. The molecule has 0 saturated carbocycles. The summed E-state index contributed by atoms with van der Waals surface area (Å²) in [6.07, 6.45) is -1.13. The minimum Gasteiger partial charge on any atom is -0.467 e. The third-order valence-electron chi connectivity index (χ3n) is 2.40. The number of aliphatic hydroxyl groups is 1. The fraction of sp³-hybridized carbons (Fsp3) is 0.846. The van der Waals surface area contributed by atoms with Crippen molar-refractivity contribution >= 4 is 23.6 Å². The number of thioether (sulfide) groups is 1. The van der Waals surface area contributed by atoms with Gasteiger partial charge < -0.3 is 15.2 Å². The first-order chi connectivity index (χ1) is 8.58. The number of ether oxygens (including phenoxy) is 1. The molecule has 112 valence electrons. The van der Waals surface area contributed by atoms with Crippen LogP contribution in [0.4, 0.5) is 0 Å². The van der Waals surface area contributed by atoms with Crippen LogP contribution < -0.4 is 5.32 Å². The molecule has 5 nitrogen and oxygen atoms in total. The number of carbonyl (C=O) groups is 2. The third-order valence-corrected chi connectivity index (χ3v) is 3.74. The molecular formula is C13H25NO4S. The second-order valence-electron chi connectivity index (χ2n) is 5.69. The van der Waals surface area contributed by atoms with E-state index in [2.05, 4.69) is 10.1 Å². The zero-order chi connectivity index (χ0) is 15.2. The largest absolute Gasteiger partial charge is 0.467 e. The Bertz CT molecular complexity index is 312. The molecule has 2 N–H and O–H groups in total. The highest BCUT2D eigenvalue weighted by molar-refractivity contribution is 8.00. The van der Waals surface area contributed by atoms with Crippen molar-refractivity contribution < 1.29 is 19.4 Å². The van der Waals surface area contributed by atoms with Crippen LogP contribution in [-0.4, -0.2) is 46.7 Å². The third kappa shape index (κ3) is 7.42. The fourth-order valence-electron chi connectivity index (χ4n) is 1.28. The predicted molar refractivity (Wildman–Crippen MR) is 77.0 cm³/mol. The zero-order valence-electron chi connectivity index (χ0n) is 12.5. The van der Waals surface area contributed by atoms with Crippen LogP contribution in [0.1, 0.15) is 34.6 Å². The van der Waals surface area contributed by atoms with E-state index in [1.807, 2.05) is 20.8 Å². The van der Waals surface area contributed by atoms with Crippen molar-refractivity contribution in [1.82, 2.24) is 5.32 Å². The summed E-state index contributed by atoms with van der Waals surface area (Å²) >= 11 is 1.49. The molecule has 19 heavy (non-hydrogen) atoms. The van der Waals surface area contributed by atoms with E-state index in [-0.39, 0.29) is 10.7 Å². The van der Waals surface area contributed by atoms with E-state index >= 15 is 0 Å². The molecule has 0 rings (SSSR count). The molecule has 0 spiro atoms. The molecule has 0 aromatic rings. The van der Waals surface area contributed by atoms with E-state index in [9.17, 15) is 14.7 Å². The second-order valence-corrected chi connectivity index (χ2v) is 7.54. The van der Waals surface area contributed by atoms with Crippen LogP contribution in [0.25, 0.3) is 0 Å². The lowest BCUT2D eigenvalue weighted by Gasteiger charge is -2.23. The normalized spacial score (nSPS) is 14.9. The highest BCUT2D eigenvalue weighted by Crippen LogP contribution is 2.23. The van der Waals surface area contributed by atoms with Crippen LogP contribution in [0.3, 0.4) is 0 Å². The number of carbonyl (C=O) groups excluding carboxylic acids is 2. The number of methoxy groups -OCH3 is 1. The van der Waals surface area contributed by atoms with Crippen LogP contribution in [0.5, 0.6) is 0 Å². The molecule has 0 heterocycles. The van der Waals surface area contributed by atoms with Gasteiger partial charge in [-0.05, 0) is 5.92 Å². The smallest absolute Gasteiger partial charge is 0.328 e. The molecule has 6 heteroatoms. The van der Waals surface area contributed by atoms with Gasteiger partial charge >= 0.3 is 5.97 Å². The molecule has 0 radical (unpaired) electrons. The Hall–Kier alpha value is -0.750. The lowest BCUT2D eigenvalue weighted by Crippen LogP contribution is -2.49. The maximum Gasteiger partial charge on any atom is 0.328 e. The molecule has 0 aromatic carbocycles. The number of nitrogens with one attached hydrogen (secondary N) is 1. The number of esters is 1. The summed E-state index contributed by atoms with van der Waals surface area (Å²) in [4.78, 5) is 23.3. The van der Waals surface area contributed by atoms with Gasteiger partial charge in [0.2, 0.25) is 5.91 Å². The first-order valence-electron chi connectivity index (χ1n) is 6.28. The van der Waals surface area contributed by atoms with Crippen molar-refractivity contribution in [2.24, 2.45) is 5.92 Å².